The van der Waals surface area contributed by atoms with Crippen molar-refractivity contribution in [3.63, 3.8) is 0 Å². The fourth-order valence-corrected chi connectivity index (χ4v) is 8.27. The zero-order chi connectivity index (χ0) is 30.7. The third kappa shape index (κ3) is 4.54. The second-order valence-electron chi connectivity index (χ2n) is 13.5. The van der Waals surface area contributed by atoms with Crippen LogP contribution in [0.4, 0.5) is 0 Å². The highest BCUT2D eigenvalue weighted by Gasteiger charge is 2.81. The van der Waals surface area contributed by atoms with E-state index in [1.165, 1.54) is 19.9 Å². The molecule has 8 atom stereocenters. The average Bonchev–Trinajstić information content (AvgIpc) is 3.36. The molecule has 228 valence electrons. The van der Waals surface area contributed by atoms with Crippen molar-refractivity contribution in [2.24, 2.45) is 16.7 Å². The summed E-state index contributed by atoms with van der Waals surface area (Å²) < 4.78 is 20.6. The van der Waals surface area contributed by atoms with Crippen LogP contribution in [0.3, 0.4) is 0 Å². The Kier molecular flexibility index (Phi) is 7.53. The van der Waals surface area contributed by atoms with Crippen LogP contribution in [0.5, 0.6) is 0 Å². The lowest BCUT2D eigenvalue weighted by Crippen LogP contribution is -2.86. The molecule has 1 aromatic heterocycles. The number of rotatable bonds is 7. The number of carbonyl (C=O) groups is 2. The summed E-state index contributed by atoms with van der Waals surface area (Å²) in [6.07, 6.45) is 1.14. The number of hydrogen-bond donors (Lipinski definition) is 2. The van der Waals surface area contributed by atoms with E-state index in [0.717, 1.165) is 5.56 Å². The van der Waals surface area contributed by atoms with E-state index >= 15 is 0 Å². The molecule has 1 aromatic carbocycles. The van der Waals surface area contributed by atoms with Crippen LogP contribution in [-0.4, -0.2) is 72.1 Å². The minimum atomic E-state index is -2.17. The Morgan fingerprint density at radius 2 is 1.90 bits per heavy atom. The Morgan fingerprint density at radius 1 is 1.21 bits per heavy atom. The summed E-state index contributed by atoms with van der Waals surface area (Å²) in [4.78, 5) is 26.6. The number of Topliss-reactive ketones (excluding diaryl/α,β-unsaturated/α-hetero) is 1. The maximum Gasteiger partial charge on any atom is 0.303 e. The van der Waals surface area contributed by atoms with Crippen LogP contribution >= 0.6 is 0 Å². The number of esters is 1. The molecule has 42 heavy (non-hydrogen) atoms. The lowest BCUT2D eigenvalue weighted by Gasteiger charge is -2.71. The first-order valence-electron chi connectivity index (χ1n) is 14.6. The smallest absolute Gasteiger partial charge is 0.303 e. The van der Waals surface area contributed by atoms with Crippen LogP contribution in [0.2, 0.25) is 0 Å². The molecule has 2 saturated carbocycles. The number of ether oxygens (including phenoxy) is 3. The van der Waals surface area contributed by atoms with Gasteiger partial charge in [-0.1, -0.05) is 62.4 Å². The van der Waals surface area contributed by atoms with Crippen LogP contribution in [0.1, 0.15) is 72.1 Å². The van der Waals surface area contributed by atoms with Crippen molar-refractivity contribution in [2.45, 2.75) is 109 Å². The van der Waals surface area contributed by atoms with Gasteiger partial charge in [-0.25, -0.2) is 4.68 Å². The van der Waals surface area contributed by atoms with Gasteiger partial charge in [0.1, 0.15) is 23.5 Å². The summed E-state index contributed by atoms with van der Waals surface area (Å²) >= 11 is 0. The molecule has 10 heteroatoms. The van der Waals surface area contributed by atoms with E-state index in [9.17, 15) is 19.8 Å². The highest BCUT2D eigenvalue weighted by atomic mass is 16.6. The summed E-state index contributed by atoms with van der Waals surface area (Å²) in [5, 5.41) is 33.2. The zero-order valence-corrected chi connectivity index (χ0v) is 25.4. The number of hydrogen-bond acceptors (Lipinski definition) is 9. The first kappa shape index (κ1) is 30.5. The van der Waals surface area contributed by atoms with E-state index in [2.05, 4.69) is 16.9 Å². The quantitative estimate of drug-likeness (QED) is 0.373. The Hall–Kier alpha value is -2.92. The molecule has 3 fully saturated rings. The number of nitrogens with zero attached hydrogens (tertiary/aromatic N) is 3. The third-order valence-corrected chi connectivity index (χ3v) is 10.2. The van der Waals surface area contributed by atoms with E-state index in [1.54, 1.807) is 11.6 Å². The van der Waals surface area contributed by atoms with Gasteiger partial charge in [0, 0.05) is 24.7 Å². The Balaban J connectivity index is 1.54. The van der Waals surface area contributed by atoms with Crippen molar-refractivity contribution >= 4 is 11.8 Å². The molecule has 2 aliphatic carbocycles. The van der Waals surface area contributed by atoms with Crippen LogP contribution in [0, 0.1) is 16.7 Å². The van der Waals surface area contributed by atoms with E-state index in [1.807, 2.05) is 57.3 Å². The predicted octanol–water partition coefficient (Wildman–Crippen LogP) is 3.38. The Bertz CT molecular complexity index is 1360. The lowest BCUT2D eigenvalue weighted by atomic mass is 9.39. The number of carbonyl (C=O) groups excluding carboxylic acids is 2. The Labute approximate surface area is 247 Å². The molecule has 2 N–H and O–H groups in total. The minimum absolute atomic E-state index is 0.0925. The molecule has 5 rings (SSSR count). The largest absolute Gasteiger partial charge is 0.459 e. The SMILES string of the molecule is C=C[C@@]1(C)CC(=O)[C@]2(O)[C@@]3(C)[C@@H](OCc4cn(Cc5ccccc5)nn4)CCC(C)(C)[C@@H]3[C@H](OC(C)=O)[C@H](O)[C@@]2(C)O1. The minimum Gasteiger partial charge on any atom is -0.459 e. The second-order valence-corrected chi connectivity index (χ2v) is 13.5. The summed E-state index contributed by atoms with van der Waals surface area (Å²) in [7, 11) is 0. The van der Waals surface area contributed by atoms with E-state index in [4.69, 9.17) is 14.2 Å². The molecule has 0 amide bonds. The number of aliphatic hydroxyl groups excluding tert-OH is 1. The molecule has 0 spiro atoms. The molecule has 3 aliphatic rings. The van der Waals surface area contributed by atoms with Gasteiger partial charge < -0.3 is 24.4 Å². The molecular formula is C32H43N3O7. The fourth-order valence-electron chi connectivity index (χ4n) is 8.27. The Morgan fingerprint density at radius 3 is 2.55 bits per heavy atom. The third-order valence-electron chi connectivity index (χ3n) is 10.2. The molecule has 0 unspecified atom stereocenters. The van der Waals surface area contributed by atoms with E-state index < -0.39 is 63.6 Å². The predicted molar refractivity (Wildman–Crippen MR) is 153 cm³/mol. The normalized spacial score (nSPS) is 39.2. The van der Waals surface area contributed by atoms with Gasteiger partial charge in [0.2, 0.25) is 0 Å². The van der Waals surface area contributed by atoms with Gasteiger partial charge in [-0.2, -0.15) is 0 Å². The van der Waals surface area contributed by atoms with Gasteiger partial charge in [0.05, 0.1) is 31.1 Å². The zero-order valence-electron chi connectivity index (χ0n) is 25.4. The molecule has 10 nitrogen and oxygen atoms in total. The maximum atomic E-state index is 14.2. The number of aromatic nitrogens is 3. The highest BCUT2D eigenvalue weighted by molar-refractivity contribution is 5.92. The standard InChI is InChI=1S/C32H43N3O7/c1-8-29(5)16-23(37)32(39)30(6)24(40-19-22-18-35(34-33-22)17-21-12-10-9-11-13-21)14-15-28(3,4)26(30)25(41-20(2)36)27(38)31(32,7)42-29/h8-13,18,24-27,38-39H,1,14-17,19H2,2-7H3/t24-,25-,26-,27-,29-,30-,31+,32-/m0/s1. The molecule has 1 aliphatic heterocycles. The van der Waals surface area contributed by atoms with Crippen LogP contribution in [0.25, 0.3) is 0 Å². The van der Waals surface area contributed by atoms with Gasteiger partial charge >= 0.3 is 5.97 Å². The number of fused-ring (bicyclic) bond motifs is 3. The summed E-state index contributed by atoms with van der Waals surface area (Å²) in [6.45, 7) is 14.8. The molecule has 1 saturated heterocycles. The van der Waals surface area contributed by atoms with Crippen molar-refractivity contribution in [3.8, 4) is 0 Å². The van der Waals surface area contributed by atoms with Crippen molar-refractivity contribution in [2.75, 3.05) is 0 Å². The van der Waals surface area contributed by atoms with E-state index in [-0.39, 0.29) is 13.0 Å². The van der Waals surface area contributed by atoms with E-state index in [0.29, 0.717) is 25.1 Å². The van der Waals surface area contributed by atoms with Crippen LogP contribution in [-0.2, 0) is 37.0 Å². The summed E-state index contributed by atoms with van der Waals surface area (Å²) in [5.74, 6) is -1.68. The summed E-state index contributed by atoms with van der Waals surface area (Å²) in [6, 6.07) is 9.91. The maximum absolute atomic E-state index is 14.2. The molecule has 0 bridgehead atoms. The number of benzene rings is 1. The molecule has 2 aromatic rings. The van der Waals surface area contributed by atoms with Gasteiger partial charge in [-0.05, 0) is 37.7 Å². The van der Waals surface area contributed by atoms with Crippen LogP contribution in [0.15, 0.2) is 49.2 Å². The van der Waals surface area contributed by atoms with Crippen LogP contribution < -0.4 is 0 Å². The number of aliphatic hydroxyl groups is 2. The monoisotopic (exact) mass is 581 g/mol. The average molecular weight is 582 g/mol. The van der Waals surface area contributed by atoms with Crippen molar-refractivity contribution in [3.05, 3.63) is 60.4 Å². The summed E-state index contributed by atoms with van der Waals surface area (Å²) in [5.41, 5.74) is -5.31. The molecule has 0 radical (unpaired) electrons. The van der Waals surface area contributed by atoms with Crippen molar-refractivity contribution in [1.29, 1.82) is 0 Å². The topological polar surface area (TPSA) is 133 Å². The second kappa shape index (κ2) is 10.4. The lowest BCUT2D eigenvalue weighted by molar-refractivity contribution is -0.373. The van der Waals surface area contributed by atoms with Gasteiger partial charge in [0.25, 0.3) is 0 Å². The first-order valence-corrected chi connectivity index (χ1v) is 14.6. The van der Waals surface area contributed by atoms with Gasteiger partial charge in [-0.15, -0.1) is 11.7 Å². The fraction of sp³-hybridized carbons (Fsp3) is 0.625. The van der Waals surface area contributed by atoms with Crippen molar-refractivity contribution < 1.29 is 34.0 Å². The first-order chi connectivity index (χ1) is 19.6. The molecule has 2 heterocycles. The molecular weight excluding hydrogens is 538 g/mol. The van der Waals surface area contributed by atoms with Gasteiger partial charge in [0.15, 0.2) is 11.4 Å². The highest BCUT2D eigenvalue weighted by Crippen LogP contribution is 2.67. The van der Waals surface area contributed by atoms with Crippen molar-refractivity contribution in [1.82, 2.24) is 15.0 Å². The number of ketones is 1. The van der Waals surface area contributed by atoms with Gasteiger partial charge in [-0.3, -0.25) is 9.59 Å².